The molecule has 6 heteroatoms. The second kappa shape index (κ2) is 7.67. The van der Waals surface area contributed by atoms with Crippen LogP contribution in [0.4, 0.5) is 10.1 Å². The Balaban J connectivity index is 1.72. The van der Waals surface area contributed by atoms with E-state index in [-0.39, 0.29) is 18.1 Å². The summed E-state index contributed by atoms with van der Waals surface area (Å²) in [5, 5.41) is 12.1. The lowest BCUT2D eigenvalue weighted by Gasteiger charge is -2.28. The van der Waals surface area contributed by atoms with Crippen LogP contribution in [0, 0.1) is 11.7 Å². The van der Waals surface area contributed by atoms with Gasteiger partial charge in [-0.2, -0.15) is 0 Å². The lowest BCUT2D eigenvalue weighted by atomic mass is 9.79. The average Bonchev–Trinajstić information content (AvgIpc) is 2.97. The molecule has 4 rings (SSSR count). The highest BCUT2D eigenvalue weighted by Crippen LogP contribution is 2.46. The lowest BCUT2D eigenvalue weighted by molar-refractivity contribution is -0.139. The Morgan fingerprint density at radius 3 is 2.37 bits per heavy atom. The number of hydrogen-bond acceptors (Lipinski definition) is 3. The Hall–Kier alpha value is -3.02. The summed E-state index contributed by atoms with van der Waals surface area (Å²) in [5.41, 5.74) is -0.0204. The molecule has 0 aromatic heterocycles. The smallest absolute Gasteiger partial charge is 0.264 e. The van der Waals surface area contributed by atoms with Crippen molar-refractivity contribution in [3.63, 3.8) is 0 Å². The van der Waals surface area contributed by atoms with Crippen LogP contribution < -0.4 is 4.90 Å². The average molecular weight is 424 g/mol. The highest BCUT2D eigenvalue weighted by molar-refractivity contribution is 6.30. The summed E-state index contributed by atoms with van der Waals surface area (Å²) in [7, 11) is 0. The maximum Gasteiger partial charge on any atom is 0.264 e. The van der Waals surface area contributed by atoms with Crippen molar-refractivity contribution in [1.29, 1.82) is 0 Å². The van der Waals surface area contributed by atoms with Gasteiger partial charge in [-0.15, -0.1) is 0 Å². The third kappa shape index (κ3) is 3.30. The third-order valence-corrected chi connectivity index (χ3v) is 5.83. The van der Waals surface area contributed by atoms with Crippen molar-refractivity contribution in [2.45, 2.75) is 19.1 Å². The number of carbonyl (C=O) groups is 2. The third-order valence-electron chi connectivity index (χ3n) is 5.58. The van der Waals surface area contributed by atoms with Crippen LogP contribution in [-0.2, 0) is 16.9 Å². The first kappa shape index (κ1) is 20.3. The summed E-state index contributed by atoms with van der Waals surface area (Å²) in [6.45, 7) is 1.70. The second-order valence-electron chi connectivity index (χ2n) is 7.39. The van der Waals surface area contributed by atoms with E-state index in [2.05, 4.69) is 0 Å². The number of ketones is 1. The van der Waals surface area contributed by atoms with Crippen molar-refractivity contribution in [3.8, 4) is 0 Å². The van der Waals surface area contributed by atoms with Gasteiger partial charge < -0.3 is 10.0 Å². The van der Waals surface area contributed by atoms with Crippen molar-refractivity contribution in [1.82, 2.24) is 0 Å². The molecule has 0 spiro atoms. The van der Waals surface area contributed by atoms with E-state index in [1.807, 2.05) is 0 Å². The van der Waals surface area contributed by atoms with Crippen LogP contribution in [0.15, 0.2) is 72.8 Å². The number of amides is 1. The highest BCUT2D eigenvalue weighted by Gasteiger charge is 2.55. The number of Topliss-reactive ketones (excluding diaryl/α,β-unsaturated/α-hetero) is 1. The zero-order chi connectivity index (χ0) is 21.5. The molecule has 3 aromatic rings. The van der Waals surface area contributed by atoms with Gasteiger partial charge in [0.15, 0.2) is 11.4 Å². The Morgan fingerprint density at radius 2 is 1.70 bits per heavy atom. The van der Waals surface area contributed by atoms with E-state index < -0.39 is 17.4 Å². The number of hydrogen-bond donors (Lipinski definition) is 1. The number of halogens is 2. The molecule has 0 fully saturated rings. The lowest BCUT2D eigenvalue weighted by Crippen LogP contribution is -2.47. The van der Waals surface area contributed by atoms with Gasteiger partial charge in [0, 0.05) is 16.1 Å². The maximum atomic E-state index is 13.4. The van der Waals surface area contributed by atoms with Crippen molar-refractivity contribution >= 4 is 29.0 Å². The van der Waals surface area contributed by atoms with Crippen LogP contribution in [0.3, 0.4) is 0 Å². The highest BCUT2D eigenvalue weighted by atomic mass is 35.5. The van der Waals surface area contributed by atoms with Crippen molar-refractivity contribution in [2.75, 3.05) is 4.90 Å². The Labute approximate surface area is 178 Å². The van der Waals surface area contributed by atoms with Crippen LogP contribution in [-0.4, -0.2) is 16.8 Å². The number of fused-ring (bicyclic) bond motifs is 1. The van der Waals surface area contributed by atoms with Gasteiger partial charge in [-0.25, -0.2) is 4.39 Å². The van der Waals surface area contributed by atoms with Gasteiger partial charge in [-0.3, -0.25) is 9.59 Å². The van der Waals surface area contributed by atoms with Crippen LogP contribution >= 0.6 is 11.6 Å². The van der Waals surface area contributed by atoms with Crippen LogP contribution in [0.1, 0.15) is 28.4 Å². The fraction of sp³-hybridized carbons (Fsp3) is 0.167. The van der Waals surface area contributed by atoms with Crippen molar-refractivity contribution in [2.24, 2.45) is 5.92 Å². The van der Waals surface area contributed by atoms with E-state index in [1.165, 1.54) is 17.0 Å². The molecule has 1 amide bonds. The number of rotatable bonds is 5. The van der Waals surface area contributed by atoms with E-state index in [0.29, 0.717) is 27.4 Å². The first-order valence-corrected chi connectivity index (χ1v) is 9.88. The predicted octanol–water partition coefficient (Wildman–Crippen LogP) is 4.73. The minimum Gasteiger partial charge on any atom is -0.375 e. The molecule has 0 aliphatic carbocycles. The zero-order valence-electron chi connectivity index (χ0n) is 16.2. The van der Waals surface area contributed by atoms with Gasteiger partial charge in [0.1, 0.15) is 5.82 Å². The second-order valence-corrected chi connectivity index (χ2v) is 7.83. The number of aliphatic hydroxyl groups is 1. The molecule has 4 nitrogen and oxygen atoms in total. The molecule has 152 valence electrons. The molecule has 30 heavy (non-hydrogen) atoms. The monoisotopic (exact) mass is 423 g/mol. The Kier molecular flexibility index (Phi) is 5.18. The van der Waals surface area contributed by atoms with E-state index >= 15 is 0 Å². The molecule has 0 saturated carbocycles. The molecular weight excluding hydrogens is 405 g/mol. The van der Waals surface area contributed by atoms with E-state index in [0.717, 1.165) is 0 Å². The van der Waals surface area contributed by atoms with Gasteiger partial charge >= 0.3 is 0 Å². The number of nitrogens with zero attached hydrogens (tertiary/aromatic N) is 1. The summed E-state index contributed by atoms with van der Waals surface area (Å²) in [5.74, 6) is -2.33. The molecule has 1 aliphatic heterocycles. The minimum absolute atomic E-state index is 0.153. The zero-order valence-corrected chi connectivity index (χ0v) is 16.9. The number of carbonyl (C=O) groups excluding carboxylic acids is 2. The fourth-order valence-electron chi connectivity index (χ4n) is 3.86. The molecule has 3 aromatic carbocycles. The summed E-state index contributed by atoms with van der Waals surface area (Å²) in [6, 6.07) is 19.0. The number of anilines is 1. The van der Waals surface area contributed by atoms with Crippen LogP contribution in [0.25, 0.3) is 0 Å². The first-order valence-electron chi connectivity index (χ1n) is 9.50. The molecule has 1 heterocycles. The van der Waals surface area contributed by atoms with Gasteiger partial charge in [0.05, 0.1) is 18.2 Å². The first-order chi connectivity index (χ1) is 14.3. The van der Waals surface area contributed by atoms with Gasteiger partial charge in [0.2, 0.25) is 0 Å². The Morgan fingerprint density at radius 1 is 1.07 bits per heavy atom. The molecule has 0 saturated heterocycles. The molecule has 0 bridgehead atoms. The Bertz CT molecular complexity index is 1110. The van der Waals surface area contributed by atoms with E-state index in [1.54, 1.807) is 67.6 Å². The molecular formula is C24H19ClFNO3. The predicted molar refractivity (Wildman–Crippen MR) is 113 cm³/mol. The largest absolute Gasteiger partial charge is 0.375 e. The van der Waals surface area contributed by atoms with Gasteiger partial charge in [0.25, 0.3) is 5.91 Å². The molecule has 0 radical (unpaired) electrons. The van der Waals surface area contributed by atoms with Crippen molar-refractivity contribution < 1.29 is 19.1 Å². The van der Waals surface area contributed by atoms with Crippen LogP contribution in [0.5, 0.6) is 0 Å². The normalized spacial score (nSPS) is 18.9. The molecule has 1 N–H and O–H groups in total. The maximum absolute atomic E-state index is 13.4. The standard InChI is InChI=1S/C24H19ClFNO3/c1-15(22(28)17-8-10-18(25)11-9-17)24(30)20-4-2-3-5-21(20)27(23(24)29)14-16-6-12-19(26)13-7-16/h2-13,15,30H,14H2,1H3. The van der Waals surface area contributed by atoms with E-state index in [9.17, 15) is 19.1 Å². The number of para-hydroxylation sites is 1. The summed E-state index contributed by atoms with van der Waals surface area (Å²) >= 11 is 5.90. The minimum atomic E-state index is -2.01. The summed E-state index contributed by atoms with van der Waals surface area (Å²) < 4.78 is 13.3. The summed E-state index contributed by atoms with van der Waals surface area (Å²) in [6.07, 6.45) is 0. The SMILES string of the molecule is CC(C(=O)c1ccc(Cl)cc1)C1(O)C(=O)N(Cc2ccc(F)cc2)c2ccccc21. The topological polar surface area (TPSA) is 57.6 Å². The molecule has 1 aliphatic rings. The van der Waals surface area contributed by atoms with Crippen molar-refractivity contribution in [3.05, 3.63) is 100 Å². The summed E-state index contributed by atoms with van der Waals surface area (Å²) in [4.78, 5) is 27.9. The van der Waals surface area contributed by atoms with Crippen LogP contribution in [0.2, 0.25) is 5.02 Å². The van der Waals surface area contributed by atoms with Gasteiger partial charge in [-0.05, 0) is 48.0 Å². The van der Waals surface area contributed by atoms with E-state index in [4.69, 9.17) is 11.6 Å². The quantitative estimate of drug-likeness (QED) is 0.603. The molecule has 2 atom stereocenters. The fourth-order valence-corrected chi connectivity index (χ4v) is 3.99. The molecule has 2 unspecified atom stereocenters. The number of benzene rings is 3. The van der Waals surface area contributed by atoms with Gasteiger partial charge in [-0.1, -0.05) is 48.9 Å².